The number of hydrogen-bond acceptors (Lipinski definition) is 2. The first-order valence-corrected chi connectivity index (χ1v) is 7.15. The summed E-state index contributed by atoms with van der Waals surface area (Å²) in [7, 11) is 0. The molecular formula is C19H17BrNO2+. The minimum atomic E-state index is 0. The summed E-state index contributed by atoms with van der Waals surface area (Å²) in [5.74, 6) is 0.0688. The van der Waals surface area contributed by atoms with E-state index in [9.17, 15) is 9.59 Å². The molecule has 0 saturated carbocycles. The van der Waals surface area contributed by atoms with Crippen LogP contribution in [-0.4, -0.2) is 11.6 Å². The van der Waals surface area contributed by atoms with Crippen molar-refractivity contribution in [3.63, 3.8) is 0 Å². The van der Waals surface area contributed by atoms with E-state index in [1.165, 1.54) is 6.92 Å². The summed E-state index contributed by atoms with van der Waals surface area (Å²) in [5.41, 5.74) is 1.34. The standard InChI is InChI=1S/C19H16NO2.BrH/c1-14(21)15-8-10-20(11-9-15)13-19(22)18-7-6-16-4-2-3-5-17(16)12-18;/h2-12H,13H2,1H3;1H/q+1;. The van der Waals surface area contributed by atoms with Crippen molar-refractivity contribution in [2.75, 3.05) is 0 Å². The average Bonchev–Trinajstić information content (AvgIpc) is 2.55. The summed E-state index contributed by atoms with van der Waals surface area (Å²) < 4.78 is 1.78. The van der Waals surface area contributed by atoms with E-state index in [2.05, 4.69) is 0 Å². The summed E-state index contributed by atoms with van der Waals surface area (Å²) in [5, 5.41) is 2.18. The number of ketones is 2. The van der Waals surface area contributed by atoms with Crippen molar-refractivity contribution in [2.45, 2.75) is 13.5 Å². The Morgan fingerprint density at radius 2 is 1.52 bits per heavy atom. The van der Waals surface area contributed by atoms with Gasteiger partial charge < -0.3 is 0 Å². The van der Waals surface area contributed by atoms with Crippen molar-refractivity contribution in [2.24, 2.45) is 0 Å². The maximum Gasteiger partial charge on any atom is 0.227 e. The minimum Gasteiger partial charge on any atom is -0.295 e. The number of Topliss-reactive ketones (excluding diaryl/α,β-unsaturated/α-hetero) is 2. The Bertz CT molecular complexity index is 857. The molecule has 0 bridgehead atoms. The van der Waals surface area contributed by atoms with Crippen LogP contribution in [0.4, 0.5) is 0 Å². The van der Waals surface area contributed by atoms with Gasteiger partial charge in [0.1, 0.15) is 0 Å². The van der Waals surface area contributed by atoms with Crippen LogP contribution < -0.4 is 4.57 Å². The van der Waals surface area contributed by atoms with E-state index < -0.39 is 0 Å². The number of halogens is 1. The molecule has 0 N–H and O–H groups in total. The number of carbonyl (C=O) groups excluding carboxylic acids is 2. The normalized spacial score (nSPS) is 10.1. The van der Waals surface area contributed by atoms with Gasteiger partial charge in [0.05, 0.1) is 0 Å². The minimum absolute atomic E-state index is 0. The van der Waals surface area contributed by atoms with Crippen LogP contribution in [0.5, 0.6) is 0 Å². The number of aromatic nitrogens is 1. The Kier molecular flexibility index (Phi) is 5.40. The molecule has 2 aromatic carbocycles. The quantitative estimate of drug-likeness (QED) is 0.517. The van der Waals surface area contributed by atoms with Gasteiger partial charge in [-0.05, 0) is 23.8 Å². The van der Waals surface area contributed by atoms with Crippen LogP contribution in [0.2, 0.25) is 0 Å². The first-order valence-electron chi connectivity index (χ1n) is 7.15. The van der Waals surface area contributed by atoms with Crippen molar-refractivity contribution < 1.29 is 14.2 Å². The second-order valence-electron chi connectivity index (χ2n) is 5.30. The van der Waals surface area contributed by atoms with Crippen LogP contribution in [-0.2, 0) is 6.54 Å². The van der Waals surface area contributed by atoms with Crippen molar-refractivity contribution in [1.82, 2.24) is 0 Å². The van der Waals surface area contributed by atoms with Gasteiger partial charge in [0.25, 0.3) is 0 Å². The smallest absolute Gasteiger partial charge is 0.227 e. The first kappa shape index (κ1) is 17.0. The molecule has 0 amide bonds. The van der Waals surface area contributed by atoms with Gasteiger partial charge in [-0.15, -0.1) is 17.0 Å². The van der Waals surface area contributed by atoms with Gasteiger partial charge in [-0.1, -0.05) is 36.4 Å². The van der Waals surface area contributed by atoms with E-state index in [1.54, 1.807) is 29.1 Å². The number of pyridine rings is 1. The van der Waals surface area contributed by atoms with Gasteiger partial charge in [0, 0.05) is 23.3 Å². The summed E-state index contributed by atoms with van der Waals surface area (Å²) in [6.07, 6.45) is 3.52. The van der Waals surface area contributed by atoms with Crippen molar-refractivity contribution >= 4 is 39.3 Å². The Hall–Kier alpha value is -2.33. The fourth-order valence-corrected chi connectivity index (χ4v) is 2.42. The zero-order valence-electron chi connectivity index (χ0n) is 12.7. The highest BCUT2D eigenvalue weighted by atomic mass is 79.9. The molecule has 0 spiro atoms. The van der Waals surface area contributed by atoms with E-state index >= 15 is 0 Å². The van der Waals surface area contributed by atoms with E-state index in [0.717, 1.165) is 10.8 Å². The predicted molar refractivity (Wildman–Crippen MR) is 95.2 cm³/mol. The van der Waals surface area contributed by atoms with Gasteiger partial charge >= 0.3 is 0 Å². The lowest BCUT2D eigenvalue weighted by Gasteiger charge is -2.02. The van der Waals surface area contributed by atoms with Crippen molar-refractivity contribution in [3.05, 3.63) is 78.1 Å². The van der Waals surface area contributed by atoms with Gasteiger partial charge in [0.2, 0.25) is 12.3 Å². The summed E-state index contributed by atoms with van der Waals surface area (Å²) in [6.45, 7) is 1.79. The number of nitrogens with zero attached hydrogens (tertiary/aromatic N) is 1. The highest BCUT2D eigenvalue weighted by Gasteiger charge is 2.13. The number of fused-ring (bicyclic) bond motifs is 1. The fraction of sp³-hybridized carbons (Fsp3) is 0.105. The molecule has 3 rings (SSSR count). The number of benzene rings is 2. The van der Waals surface area contributed by atoms with Gasteiger partial charge in [-0.2, -0.15) is 4.57 Å². The lowest BCUT2D eigenvalue weighted by Crippen LogP contribution is -2.37. The summed E-state index contributed by atoms with van der Waals surface area (Å²) in [4.78, 5) is 23.6. The maximum atomic E-state index is 12.4. The molecule has 23 heavy (non-hydrogen) atoms. The number of rotatable bonds is 4. The van der Waals surface area contributed by atoms with Crippen LogP contribution in [0.3, 0.4) is 0 Å². The average molecular weight is 371 g/mol. The van der Waals surface area contributed by atoms with Crippen LogP contribution in [0, 0.1) is 0 Å². The van der Waals surface area contributed by atoms with Crippen LogP contribution in [0.1, 0.15) is 27.6 Å². The molecule has 1 aromatic heterocycles. The van der Waals surface area contributed by atoms with E-state index in [0.29, 0.717) is 11.1 Å². The molecule has 0 aliphatic carbocycles. The van der Waals surface area contributed by atoms with Crippen LogP contribution in [0.15, 0.2) is 67.0 Å². The molecule has 116 valence electrons. The first-order chi connectivity index (χ1) is 10.6. The molecule has 1 heterocycles. The van der Waals surface area contributed by atoms with Gasteiger partial charge in [0.15, 0.2) is 18.2 Å². The van der Waals surface area contributed by atoms with Crippen LogP contribution >= 0.6 is 17.0 Å². The largest absolute Gasteiger partial charge is 0.295 e. The highest BCUT2D eigenvalue weighted by Crippen LogP contribution is 2.16. The predicted octanol–water partition coefficient (Wildman–Crippen LogP) is 3.79. The fourth-order valence-electron chi connectivity index (χ4n) is 2.42. The van der Waals surface area contributed by atoms with E-state index in [1.807, 2.05) is 42.5 Å². The molecule has 0 aliphatic heterocycles. The number of carbonyl (C=O) groups is 2. The van der Waals surface area contributed by atoms with Crippen molar-refractivity contribution in [3.8, 4) is 0 Å². The van der Waals surface area contributed by atoms with Crippen molar-refractivity contribution in [1.29, 1.82) is 0 Å². The molecule has 4 heteroatoms. The summed E-state index contributed by atoms with van der Waals surface area (Å²) >= 11 is 0. The third kappa shape index (κ3) is 3.90. The summed E-state index contributed by atoms with van der Waals surface area (Å²) in [6, 6.07) is 17.2. The lowest BCUT2D eigenvalue weighted by atomic mass is 10.0. The Balaban J connectivity index is 0.00000192. The zero-order chi connectivity index (χ0) is 15.5. The Morgan fingerprint density at radius 3 is 2.17 bits per heavy atom. The monoisotopic (exact) mass is 370 g/mol. The van der Waals surface area contributed by atoms with E-state index in [-0.39, 0.29) is 35.1 Å². The molecular weight excluding hydrogens is 354 g/mol. The molecule has 0 radical (unpaired) electrons. The zero-order valence-corrected chi connectivity index (χ0v) is 14.4. The van der Waals surface area contributed by atoms with E-state index in [4.69, 9.17) is 0 Å². The molecule has 0 atom stereocenters. The topological polar surface area (TPSA) is 38.0 Å². The third-order valence-corrected chi connectivity index (χ3v) is 3.70. The second-order valence-corrected chi connectivity index (χ2v) is 5.30. The van der Waals surface area contributed by atoms with Gasteiger partial charge in [-0.3, -0.25) is 9.59 Å². The number of hydrogen-bond donors (Lipinski definition) is 0. The maximum absolute atomic E-state index is 12.4. The Labute approximate surface area is 145 Å². The Morgan fingerprint density at radius 1 is 0.870 bits per heavy atom. The molecule has 0 aliphatic rings. The van der Waals surface area contributed by atoms with Crippen LogP contribution in [0.25, 0.3) is 10.8 Å². The SMILES string of the molecule is Br.CC(=O)c1cc[n+](CC(=O)c2ccc3ccccc3c2)cc1. The molecule has 3 nitrogen and oxygen atoms in total. The lowest BCUT2D eigenvalue weighted by molar-refractivity contribution is -0.683. The highest BCUT2D eigenvalue weighted by molar-refractivity contribution is 8.93. The van der Waals surface area contributed by atoms with Gasteiger partial charge in [-0.25, -0.2) is 0 Å². The molecule has 0 saturated heterocycles. The molecule has 0 unspecified atom stereocenters. The molecule has 0 fully saturated rings. The molecule has 3 aromatic rings. The second kappa shape index (κ2) is 7.29. The third-order valence-electron chi connectivity index (χ3n) is 3.70.